The number of hydrogen-bond donors (Lipinski definition) is 0. The van der Waals surface area contributed by atoms with E-state index in [-0.39, 0.29) is 6.61 Å². The van der Waals surface area contributed by atoms with Crippen molar-refractivity contribution < 1.29 is 33.3 Å². The van der Waals surface area contributed by atoms with Crippen molar-refractivity contribution in [3.63, 3.8) is 0 Å². The van der Waals surface area contributed by atoms with Gasteiger partial charge in [0.25, 0.3) is 0 Å². The third-order valence-electron chi connectivity index (χ3n) is 5.02. The number of ether oxygens (including phenoxy) is 4. The van der Waals surface area contributed by atoms with E-state index in [0.717, 1.165) is 5.56 Å². The first-order valence-corrected chi connectivity index (χ1v) is 10.2. The van der Waals surface area contributed by atoms with Gasteiger partial charge in [-0.2, -0.15) is 0 Å². The molecule has 0 unspecified atom stereocenters. The third kappa shape index (κ3) is 4.67. The highest BCUT2D eigenvalue weighted by molar-refractivity contribution is 5.87. The van der Waals surface area contributed by atoms with Crippen LogP contribution in [0.3, 0.4) is 0 Å². The number of imidazole rings is 1. The van der Waals surface area contributed by atoms with Crippen LogP contribution >= 0.6 is 0 Å². The van der Waals surface area contributed by atoms with Crippen LogP contribution in [0.15, 0.2) is 43.0 Å². The lowest BCUT2D eigenvalue weighted by Crippen LogP contribution is -2.40. The monoisotopic (exact) mass is 454 g/mol. The fourth-order valence-electron chi connectivity index (χ4n) is 3.76. The van der Waals surface area contributed by atoms with Crippen LogP contribution < -0.4 is 0 Å². The molecule has 0 spiro atoms. The first kappa shape index (κ1) is 22.3. The van der Waals surface area contributed by atoms with Gasteiger partial charge in [0, 0.05) is 26.3 Å². The van der Waals surface area contributed by atoms with Crippen molar-refractivity contribution in [1.29, 1.82) is 0 Å². The van der Waals surface area contributed by atoms with E-state index in [2.05, 4.69) is 15.0 Å². The molecule has 1 aromatic carbocycles. The second kappa shape index (κ2) is 9.33. The zero-order chi connectivity index (χ0) is 23.5. The Bertz CT molecular complexity index is 1180. The molecule has 11 heteroatoms. The Morgan fingerprint density at radius 2 is 1.64 bits per heavy atom. The van der Waals surface area contributed by atoms with Crippen molar-refractivity contribution in [3.8, 4) is 11.3 Å². The van der Waals surface area contributed by atoms with Gasteiger partial charge in [-0.25, -0.2) is 15.0 Å². The molecule has 0 N–H and O–H groups in total. The number of aromatic nitrogens is 4. The van der Waals surface area contributed by atoms with Crippen LogP contribution in [0.4, 0.5) is 0 Å². The summed E-state index contributed by atoms with van der Waals surface area (Å²) in [5.41, 5.74) is 2.42. The lowest BCUT2D eigenvalue weighted by Gasteiger charge is -2.23. The van der Waals surface area contributed by atoms with E-state index in [1.165, 1.54) is 33.4 Å². The molecule has 1 aliphatic rings. The molecular formula is C22H22N4O7. The zero-order valence-electron chi connectivity index (χ0n) is 18.2. The summed E-state index contributed by atoms with van der Waals surface area (Å²) in [7, 11) is 0. The van der Waals surface area contributed by atoms with Crippen molar-refractivity contribution in [2.24, 2.45) is 0 Å². The maximum Gasteiger partial charge on any atom is 0.303 e. The van der Waals surface area contributed by atoms with Crippen LogP contribution in [0.1, 0.15) is 27.0 Å². The first-order valence-electron chi connectivity index (χ1n) is 10.2. The summed E-state index contributed by atoms with van der Waals surface area (Å²) in [4.78, 5) is 48.1. The van der Waals surface area contributed by atoms with Gasteiger partial charge in [0.1, 0.15) is 30.2 Å². The topological polar surface area (TPSA) is 132 Å². The second-order valence-corrected chi connectivity index (χ2v) is 7.43. The number of benzene rings is 1. The number of esters is 3. The van der Waals surface area contributed by atoms with E-state index in [9.17, 15) is 14.4 Å². The molecular weight excluding hydrogens is 432 g/mol. The van der Waals surface area contributed by atoms with Crippen molar-refractivity contribution in [2.45, 2.75) is 45.3 Å². The van der Waals surface area contributed by atoms with Gasteiger partial charge < -0.3 is 18.9 Å². The number of fused-ring (bicyclic) bond motifs is 1. The maximum atomic E-state index is 11.9. The van der Waals surface area contributed by atoms with E-state index in [4.69, 9.17) is 18.9 Å². The van der Waals surface area contributed by atoms with Gasteiger partial charge in [-0.05, 0) is 0 Å². The lowest BCUT2D eigenvalue weighted by atomic mass is 10.1. The number of nitrogens with zero attached hydrogens (tertiary/aromatic N) is 4. The minimum atomic E-state index is -1.03. The Morgan fingerprint density at radius 3 is 2.30 bits per heavy atom. The van der Waals surface area contributed by atoms with Crippen LogP contribution in [0, 0.1) is 0 Å². The molecule has 172 valence electrons. The molecule has 4 rings (SSSR count). The molecule has 0 radical (unpaired) electrons. The lowest BCUT2D eigenvalue weighted by molar-refractivity contribution is -0.166. The van der Waals surface area contributed by atoms with E-state index in [1.54, 1.807) is 4.57 Å². The average molecular weight is 454 g/mol. The Labute approximate surface area is 188 Å². The largest absolute Gasteiger partial charge is 0.463 e. The molecule has 2 aromatic heterocycles. The highest BCUT2D eigenvalue weighted by Crippen LogP contribution is 2.36. The summed E-state index contributed by atoms with van der Waals surface area (Å²) in [6.07, 6.45) is -0.963. The van der Waals surface area contributed by atoms with Gasteiger partial charge >= 0.3 is 17.9 Å². The molecule has 0 saturated carbocycles. The fourth-order valence-corrected chi connectivity index (χ4v) is 3.76. The molecule has 1 saturated heterocycles. The maximum absolute atomic E-state index is 11.9. The third-order valence-corrected chi connectivity index (χ3v) is 5.02. The van der Waals surface area contributed by atoms with E-state index < -0.39 is 42.4 Å². The SMILES string of the molecule is CC(=O)OC[C@H]1O[C@@H](n2cnc3c(-c4ccccc4)ncnc32)[C@H](OC(C)=O)[C@@H]1OC(C)=O. The summed E-state index contributed by atoms with van der Waals surface area (Å²) in [5.74, 6) is -1.72. The normalized spacial score (nSPS) is 22.2. The summed E-state index contributed by atoms with van der Waals surface area (Å²) in [6.45, 7) is 3.52. The number of hydrogen-bond acceptors (Lipinski definition) is 10. The van der Waals surface area contributed by atoms with Gasteiger partial charge in [-0.3, -0.25) is 19.0 Å². The van der Waals surface area contributed by atoms with Crippen LogP contribution in [0.2, 0.25) is 0 Å². The minimum absolute atomic E-state index is 0.196. The fraction of sp³-hybridized carbons (Fsp3) is 0.364. The summed E-state index contributed by atoms with van der Waals surface area (Å²) >= 11 is 0. The first-order chi connectivity index (χ1) is 15.8. The summed E-state index contributed by atoms with van der Waals surface area (Å²) in [6, 6.07) is 9.48. The average Bonchev–Trinajstić information content (AvgIpc) is 3.34. The predicted molar refractivity (Wildman–Crippen MR) is 112 cm³/mol. The van der Waals surface area contributed by atoms with Crippen LogP contribution in [-0.2, 0) is 33.3 Å². The van der Waals surface area contributed by atoms with Crippen LogP contribution in [0.5, 0.6) is 0 Å². The van der Waals surface area contributed by atoms with E-state index in [1.807, 2.05) is 30.3 Å². The molecule has 0 amide bonds. The summed E-state index contributed by atoms with van der Waals surface area (Å²) < 4.78 is 23.6. The Hall–Kier alpha value is -3.86. The molecule has 3 heterocycles. The van der Waals surface area contributed by atoms with E-state index >= 15 is 0 Å². The van der Waals surface area contributed by atoms with Crippen LogP contribution in [-0.4, -0.2) is 62.3 Å². The number of carbonyl (C=O) groups excluding carboxylic acids is 3. The van der Waals surface area contributed by atoms with Gasteiger partial charge in [0.05, 0.1) is 6.33 Å². The highest BCUT2D eigenvalue weighted by Gasteiger charge is 2.51. The molecule has 4 atom stereocenters. The van der Waals surface area contributed by atoms with Crippen LogP contribution in [0.25, 0.3) is 22.4 Å². The Morgan fingerprint density at radius 1 is 0.939 bits per heavy atom. The van der Waals surface area contributed by atoms with Crippen molar-refractivity contribution in [3.05, 3.63) is 43.0 Å². The molecule has 33 heavy (non-hydrogen) atoms. The quantitative estimate of drug-likeness (QED) is 0.401. The smallest absolute Gasteiger partial charge is 0.303 e. The minimum Gasteiger partial charge on any atom is -0.463 e. The molecule has 3 aromatic rings. The molecule has 0 aliphatic carbocycles. The van der Waals surface area contributed by atoms with Gasteiger partial charge in [-0.1, -0.05) is 30.3 Å². The van der Waals surface area contributed by atoms with Gasteiger partial charge in [-0.15, -0.1) is 0 Å². The molecule has 1 aliphatic heterocycles. The van der Waals surface area contributed by atoms with Crippen molar-refractivity contribution in [1.82, 2.24) is 19.5 Å². The molecule has 1 fully saturated rings. The molecule has 11 nitrogen and oxygen atoms in total. The zero-order valence-corrected chi connectivity index (χ0v) is 18.2. The predicted octanol–water partition coefficient (Wildman–Crippen LogP) is 1.82. The van der Waals surface area contributed by atoms with E-state index in [0.29, 0.717) is 16.9 Å². The Kier molecular flexibility index (Phi) is 6.31. The Balaban J connectivity index is 1.76. The second-order valence-electron chi connectivity index (χ2n) is 7.43. The van der Waals surface area contributed by atoms with Gasteiger partial charge in [0.2, 0.25) is 0 Å². The van der Waals surface area contributed by atoms with Crippen molar-refractivity contribution in [2.75, 3.05) is 6.61 Å². The van der Waals surface area contributed by atoms with Crippen molar-refractivity contribution >= 4 is 29.1 Å². The number of carbonyl (C=O) groups is 3. The highest BCUT2D eigenvalue weighted by atomic mass is 16.7. The van der Waals surface area contributed by atoms with Gasteiger partial charge in [0.15, 0.2) is 24.1 Å². The summed E-state index contributed by atoms with van der Waals surface area (Å²) in [5, 5.41) is 0. The molecule has 0 bridgehead atoms. The number of rotatable bonds is 6. The standard InChI is InChI=1S/C22H22N4O7/c1-12(27)30-9-16-19(31-13(2)28)20(32-14(3)29)22(33-16)26-11-25-18-17(23-10-24-21(18)26)15-7-5-4-6-8-15/h4-8,10-11,16,19-20,22H,9H2,1-3H3/t16-,19-,20-,22-/m1/s1.